The van der Waals surface area contributed by atoms with Crippen LogP contribution in [0.5, 0.6) is 11.5 Å². The summed E-state index contributed by atoms with van der Waals surface area (Å²) in [5, 5.41) is 2.87. The Labute approximate surface area is 279 Å². The molecule has 0 aliphatic carbocycles. The van der Waals surface area contributed by atoms with Crippen molar-refractivity contribution in [3.05, 3.63) is 118 Å². The lowest BCUT2D eigenvalue weighted by Crippen LogP contribution is -2.53. The van der Waals surface area contributed by atoms with Crippen LogP contribution in [0, 0.1) is 6.92 Å². The Morgan fingerprint density at radius 1 is 0.848 bits per heavy atom. The second-order valence-electron chi connectivity index (χ2n) is 10.6. The standard InChI is InChI=1S/C35H38BrN3O6S/c1-5-37-35(41)31(21-26-9-7-6-8-10-26)38(23-27-13-15-28(36)16-14-27)34(40)24-39(29-17-11-25(2)12-18-29)46(42,43)30-19-20-32(44-3)33(22-30)45-4/h6-20,22,31H,5,21,23-24H2,1-4H3,(H,37,41). The fourth-order valence-corrected chi connectivity index (χ4v) is 6.67. The van der Waals surface area contributed by atoms with Gasteiger partial charge in [-0.05, 0) is 61.4 Å². The number of carbonyl (C=O) groups excluding carboxylic acids is 2. The van der Waals surface area contributed by atoms with Crippen LogP contribution in [-0.2, 0) is 32.6 Å². The van der Waals surface area contributed by atoms with E-state index in [9.17, 15) is 18.0 Å². The fraction of sp³-hybridized carbons (Fsp3) is 0.257. The number of benzene rings is 4. The zero-order chi connectivity index (χ0) is 33.3. The first kappa shape index (κ1) is 34.5. The number of carbonyl (C=O) groups is 2. The van der Waals surface area contributed by atoms with Gasteiger partial charge in [0.05, 0.1) is 24.8 Å². The predicted molar refractivity (Wildman–Crippen MR) is 183 cm³/mol. The molecule has 4 rings (SSSR count). The van der Waals surface area contributed by atoms with Gasteiger partial charge in [0.25, 0.3) is 10.0 Å². The number of anilines is 1. The van der Waals surface area contributed by atoms with Crippen molar-refractivity contribution in [1.29, 1.82) is 0 Å². The molecule has 1 atom stereocenters. The van der Waals surface area contributed by atoms with Crippen LogP contribution in [-0.4, -0.2) is 58.5 Å². The van der Waals surface area contributed by atoms with E-state index >= 15 is 0 Å². The van der Waals surface area contributed by atoms with Crippen LogP contribution < -0.4 is 19.1 Å². The molecule has 9 nitrogen and oxygen atoms in total. The molecule has 0 aliphatic rings. The number of hydrogen-bond donors (Lipinski definition) is 1. The summed E-state index contributed by atoms with van der Waals surface area (Å²) < 4.78 is 41.2. The number of hydrogen-bond acceptors (Lipinski definition) is 6. The zero-order valence-electron chi connectivity index (χ0n) is 26.3. The molecule has 0 saturated carbocycles. The molecule has 0 aliphatic heterocycles. The average Bonchev–Trinajstić information content (AvgIpc) is 3.06. The highest BCUT2D eigenvalue weighted by Crippen LogP contribution is 2.32. The van der Waals surface area contributed by atoms with E-state index in [4.69, 9.17) is 9.47 Å². The molecule has 46 heavy (non-hydrogen) atoms. The maximum atomic E-state index is 14.5. The summed E-state index contributed by atoms with van der Waals surface area (Å²) in [6, 6.07) is 27.1. The second kappa shape index (κ2) is 15.8. The van der Waals surface area contributed by atoms with Crippen LogP contribution in [0.4, 0.5) is 5.69 Å². The zero-order valence-corrected chi connectivity index (χ0v) is 28.7. The monoisotopic (exact) mass is 707 g/mol. The number of ether oxygens (including phenoxy) is 2. The molecule has 1 N–H and O–H groups in total. The first-order valence-corrected chi connectivity index (χ1v) is 17.0. The van der Waals surface area contributed by atoms with Gasteiger partial charge in [0.2, 0.25) is 11.8 Å². The average molecular weight is 709 g/mol. The summed E-state index contributed by atoms with van der Waals surface area (Å²) in [6.07, 6.45) is 0.238. The highest BCUT2D eigenvalue weighted by molar-refractivity contribution is 9.10. The Balaban J connectivity index is 1.81. The number of nitrogens with one attached hydrogen (secondary N) is 1. The summed E-state index contributed by atoms with van der Waals surface area (Å²) in [6.45, 7) is 3.60. The van der Waals surface area contributed by atoms with E-state index in [2.05, 4.69) is 21.2 Å². The van der Waals surface area contributed by atoms with E-state index in [1.165, 1.54) is 37.3 Å². The molecule has 1 unspecified atom stereocenters. The van der Waals surface area contributed by atoms with Crippen LogP contribution in [0.3, 0.4) is 0 Å². The Bertz CT molecular complexity index is 1730. The lowest BCUT2D eigenvalue weighted by molar-refractivity contribution is -0.140. The van der Waals surface area contributed by atoms with Crippen molar-refractivity contribution in [2.24, 2.45) is 0 Å². The van der Waals surface area contributed by atoms with Crippen molar-refractivity contribution < 1.29 is 27.5 Å². The molecular weight excluding hydrogens is 670 g/mol. The van der Waals surface area contributed by atoms with Gasteiger partial charge in [0, 0.05) is 30.0 Å². The molecule has 0 heterocycles. The normalized spacial score (nSPS) is 11.8. The molecule has 0 aromatic heterocycles. The first-order valence-electron chi connectivity index (χ1n) is 14.7. The minimum Gasteiger partial charge on any atom is -0.493 e. The number of amides is 2. The maximum Gasteiger partial charge on any atom is 0.264 e. The molecule has 0 fully saturated rings. The number of rotatable bonds is 14. The molecule has 4 aromatic rings. The maximum absolute atomic E-state index is 14.5. The topological polar surface area (TPSA) is 105 Å². The fourth-order valence-electron chi connectivity index (χ4n) is 4.98. The number of methoxy groups -OCH3 is 2. The molecule has 2 amide bonds. The number of aryl methyl sites for hydroxylation is 1. The van der Waals surface area contributed by atoms with Crippen molar-refractivity contribution in [3.8, 4) is 11.5 Å². The highest BCUT2D eigenvalue weighted by Gasteiger charge is 2.35. The van der Waals surface area contributed by atoms with Gasteiger partial charge in [-0.15, -0.1) is 0 Å². The number of likely N-dealkylation sites (N-methyl/N-ethyl adjacent to an activating group) is 1. The largest absolute Gasteiger partial charge is 0.493 e. The summed E-state index contributed by atoms with van der Waals surface area (Å²) in [5.74, 6) is -0.276. The first-order chi connectivity index (χ1) is 22.1. The van der Waals surface area contributed by atoms with Crippen molar-refractivity contribution in [2.45, 2.75) is 37.8 Å². The Morgan fingerprint density at radius 2 is 1.50 bits per heavy atom. The van der Waals surface area contributed by atoms with Gasteiger partial charge in [-0.2, -0.15) is 0 Å². The van der Waals surface area contributed by atoms with Crippen LogP contribution in [0.25, 0.3) is 0 Å². The third-order valence-corrected chi connectivity index (χ3v) is 9.73. The van der Waals surface area contributed by atoms with Gasteiger partial charge >= 0.3 is 0 Å². The third-order valence-electron chi connectivity index (χ3n) is 7.43. The molecule has 0 spiro atoms. The van der Waals surface area contributed by atoms with Crippen molar-refractivity contribution in [2.75, 3.05) is 31.6 Å². The minimum absolute atomic E-state index is 0.0810. The molecule has 0 saturated heterocycles. The lowest BCUT2D eigenvalue weighted by atomic mass is 10.0. The smallest absolute Gasteiger partial charge is 0.264 e. The highest BCUT2D eigenvalue weighted by atomic mass is 79.9. The SMILES string of the molecule is CCNC(=O)C(Cc1ccccc1)N(Cc1ccc(Br)cc1)C(=O)CN(c1ccc(C)cc1)S(=O)(=O)c1ccc(OC)c(OC)c1. The Kier molecular flexibility index (Phi) is 11.8. The van der Waals surface area contributed by atoms with E-state index in [-0.39, 0.29) is 29.5 Å². The summed E-state index contributed by atoms with van der Waals surface area (Å²) in [7, 11) is -1.42. The molecule has 0 radical (unpaired) electrons. The van der Waals surface area contributed by atoms with Crippen molar-refractivity contribution in [1.82, 2.24) is 10.2 Å². The van der Waals surface area contributed by atoms with Gasteiger partial charge in [0.1, 0.15) is 12.6 Å². The number of halogens is 1. The molecule has 11 heteroatoms. The van der Waals surface area contributed by atoms with Gasteiger partial charge in [-0.1, -0.05) is 76.1 Å². The van der Waals surface area contributed by atoms with Crippen LogP contribution in [0.1, 0.15) is 23.6 Å². The third kappa shape index (κ3) is 8.46. The summed E-state index contributed by atoms with van der Waals surface area (Å²) in [4.78, 5) is 29.5. The van der Waals surface area contributed by atoms with E-state index in [0.29, 0.717) is 18.0 Å². The van der Waals surface area contributed by atoms with E-state index in [1.807, 2.05) is 68.4 Å². The Morgan fingerprint density at radius 3 is 2.11 bits per heavy atom. The van der Waals surface area contributed by atoms with Gasteiger partial charge in [0.15, 0.2) is 11.5 Å². The number of sulfonamides is 1. The molecule has 4 aromatic carbocycles. The van der Waals surface area contributed by atoms with E-state index in [1.54, 1.807) is 24.3 Å². The van der Waals surface area contributed by atoms with Crippen molar-refractivity contribution in [3.63, 3.8) is 0 Å². The second-order valence-corrected chi connectivity index (χ2v) is 13.4. The van der Waals surface area contributed by atoms with Gasteiger partial charge < -0.3 is 19.7 Å². The molecular formula is C35H38BrN3O6S. The predicted octanol–water partition coefficient (Wildman–Crippen LogP) is 5.75. The summed E-state index contributed by atoms with van der Waals surface area (Å²) in [5.41, 5.74) is 2.87. The molecule has 242 valence electrons. The van der Waals surface area contributed by atoms with E-state index < -0.39 is 28.5 Å². The van der Waals surface area contributed by atoms with Crippen LogP contribution >= 0.6 is 15.9 Å². The minimum atomic E-state index is -4.30. The van der Waals surface area contributed by atoms with Crippen LogP contribution in [0.15, 0.2) is 106 Å². The molecule has 0 bridgehead atoms. The van der Waals surface area contributed by atoms with Gasteiger partial charge in [-0.3, -0.25) is 13.9 Å². The number of nitrogens with zero attached hydrogens (tertiary/aromatic N) is 2. The summed E-state index contributed by atoms with van der Waals surface area (Å²) >= 11 is 3.45. The van der Waals surface area contributed by atoms with Crippen molar-refractivity contribution >= 4 is 43.5 Å². The van der Waals surface area contributed by atoms with E-state index in [0.717, 1.165) is 25.5 Å². The Hall–Kier alpha value is -4.35. The van der Waals surface area contributed by atoms with Crippen LogP contribution in [0.2, 0.25) is 0 Å². The lowest BCUT2D eigenvalue weighted by Gasteiger charge is -2.34. The quantitative estimate of drug-likeness (QED) is 0.179. The van der Waals surface area contributed by atoms with Gasteiger partial charge in [-0.25, -0.2) is 8.42 Å².